The minimum Gasteiger partial charge on any atom is -0.353 e. The number of hydrogen-bond donors (Lipinski definition) is 1. The molecule has 1 saturated heterocycles. The predicted molar refractivity (Wildman–Crippen MR) is 97.4 cm³/mol. The molecule has 2 aromatic rings. The van der Waals surface area contributed by atoms with Crippen LogP contribution in [-0.2, 0) is 25.5 Å². The van der Waals surface area contributed by atoms with Crippen LogP contribution in [0.15, 0.2) is 23.2 Å². The normalized spacial score (nSPS) is 17.5. The highest BCUT2D eigenvalue weighted by molar-refractivity contribution is 7.90. The molecule has 1 atom stereocenters. The molecule has 0 aliphatic carbocycles. The summed E-state index contributed by atoms with van der Waals surface area (Å²) in [6.07, 6.45) is -0.945. The second kappa shape index (κ2) is 8.58. The van der Waals surface area contributed by atoms with E-state index in [0.717, 1.165) is 30.0 Å². The number of anilines is 1. The van der Waals surface area contributed by atoms with Gasteiger partial charge in [-0.05, 0) is 31.4 Å². The molecular weight excluding hydrogens is 427 g/mol. The van der Waals surface area contributed by atoms with Gasteiger partial charge in [-0.25, -0.2) is 13.4 Å². The zero-order valence-electron chi connectivity index (χ0n) is 15.8. The van der Waals surface area contributed by atoms with Crippen LogP contribution in [0.3, 0.4) is 0 Å². The number of hydrogen-bond acceptors (Lipinski definition) is 8. The van der Waals surface area contributed by atoms with E-state index in [0.29, 0.717) is 13.0 Å². The van der Waals surface area contributed by atoms with Gasteiger partial charge < -0.3 is 14.8 Å². The van der Waals surface area contributed by atoms with Crippen LogP contribution in [0.1, 0.15) is 30.5 Å². The molecule has 0 spiro atoms. The van der Waals surface area contributed by atoms with Crippen LogP contribution >= 0.6 is 0 Å². The Bertz CT molecular complexity index is 1040. The highest BCUT2D eigenvalue weighted by Crippen LogP contribution is 2.35. The lowest BCUT2D eigenvalue weighted by Gasteiger charge is -2.23. The number of halogens is 3. The van der Waals surface area contributed by atoms with Crippen molar-refractivity contribution >= 4 is 15.7 Å². The van der Waals surface area contributed by atoms with Crippen LogP contribution in [0.25, 0.3) is 5.82 Å². The second-order valence-corrected chi connectivity index (χ2v) is 8.52. The number of ether oxygens (including phenoxy) is 2. The highest BCUT2D eigenvalue weighted by atomic mass is 32.2. The van der Waals surface area contributed by atoms with E-state index in [9.17, 15) is 26.9 Å². The molecule has 1 aliphatic heterocycles. The molecule has 1 N–H and O–H groups in total. The SMILES string of the molecule is CS(=O)(=O)c1ccc(-n2nc(C(F)(F)F)c(C#N)c2NCOC2CCCCO2)nc1. The maximum atomic E-state index is 13.4. The quantitative estimate of drug-likeness (QED) is 0.674. The predicted octanol–water partition coefficient (Wildman–Crippen LogP) is 2.47. The fraction of sp³-hybridized carbons (Fsp3) is 0.471. The van der Waals surface area contributed by atoms with Gasteiger partial charge in [0.2, 0.25) is 0 Å². The summed E-state index contributed by atoms with van der Waals surface area (Å²) in [5.74, 6) is -0.383. The van der Waals surface area contributed by atoms with Gasteiger partial charge in [-0.15, -0.1) is 0 Å². The third-order valence-corrected chi connectivity index (χ3v) is 5.38. The Morgan fingerprint density at radius 2 is 2.17 bits per heavy atom. The van der Waals surface area contributed by atoms with Crippen LogP contribution in [-0.4, -0.2) is 49.1 Å². The third kappa shape index (κ3) is 4.89. The number of nitrogens with zero attached hydrogens (tertiary/aromatic N) is 4. The fourth-order valence-corrected chi connectivity index (χ4v) is 3.37. The summed E-state index contributed by atoms with van der Waals surface area (Å²) in [5, 5.41) is 15.4. The highest BCUT2D eigenvalue weighted by Gasteiger charge is 2.40. The first kappa shape index (κ1) is 22.0. The molecule has 162 valence electrons. The van der Waals surface area contributed by atoms with Gasteiger partial charge in [0, 0.05) is 19.1 Å². The number of sulfone groups is 1. The van der Waals surface area contributed by atoms with Crippen molar-refractivity contribution in [1.29, 1.82) is 5.26 Å². The van der Waals surface area contributed by atoms with Gasteiger partial charge in [0.05, 0.1) is 4.90 Å². The number of nitrogens with one attached hydrogen (secondary N) is 1. The summed E-state index contributed by atoms with van der Waals surface area (Å²) in [6, 6.07) is 3.89. The molecule has 0 aromatic carbocycles. The summed E-state index contributed by atoms with van der Waals surface area (Å²) in [5.41, 5.74) is -2.12. The average molecular weight is 445 g/mol. The smallest absolute Gasteiger partial charge is 0.353 e. The zero-order valence-corrected chi connectivity index (χ0v) is 16.6. The van der Waals surface area contributed by atoms with E-state index >= 15 is 0 Å². The van der Waals surface area contributed by atoms with E-state index in [1.54, 1.807) is 0 Å². The van der Waals surface area contributed by atoms with Gasteiger partial charge in [0.15, 0.2) is 33.5 Å². The number of aromatic nitrogens is 3. The lowest BCUT2D eigenvalue weighted by Crippen LogP contribution is -2.25. The van der Waals surface area contributed by atoms with Crippen molar-refractivity contribution in [3.05, 3.63) is 29.6 Å². The van der Waals surface area contributed by atoms with Gasteiger partial charge in [-0.2, -0.15) is 28.2 Å². The van der Waals surface area contributed by atoms with Crippen molar-refractivity contribution in [3.63, 3.8) is 0 Å². The van der Waals surface area contributed by atoms with Crippen molar-refractivity contribution in [3.8, 4) is 11.9 Å². The van der Waals surface area contributed by atoms with Crippen LogP contribution < -0.4 is 5.32 Å². The van der Waals surface area contributed by atoms with Gasteiger partial charge >= 0.3 is 6.18 Å². The maximum absolute atomic E-state index is 13.4. The van der Waals surface area contributed by atoms with Crippen LogP contribution in [0, 0.1) is 11.3 Å². The zero-order chi connectivity index (χ0) is 21.9. The van der Waals surface area contributed by atoms with Crippen molar-refractivity contribution in [2.45, 2.75) is 36.6 Å². The summed E-state index contributed by atoms with van der Waals surface area (Å²) in [6.45, 7) is 0.296. The number of alkyl halides is 3. The average Bonchev–Trinajstić information content (AvgIpc) is 3.07. The first-order chi connectivity index (χ1) is 14.1. The van der Waals surface area contributed by atoms with Crippen LogP contribution in [0.2, 0.25) is 0 Å². The molecule has 1 unspecified atom stereocenters. The van der Waals surface area contributed by atoms with E-state index in [-0.39, 0.29) is 23.3 Å². The minimum absolute atomic E-state index is 0.106. The monoisotopic (exact) mass is 445 g/mol. The molecule has 30 heavy (non-hydrogen) atoms. The molecule has 3 rings (SSSR count). The molecular formula is C17H18F3N5O4S. The van der Waals surface area contributed by atoms with Crippen LogP contribution in [0.5, 0.6) is 0 Å². The molecule has 3 heterocycles. The van der Waals surface area contributed by atoms with Gasteiger partial charge in [0.25, 0.3) is 0 Å². The number of nitriles is 1. The Hall–Kier alpha value is -2.69. The van der Waals surface area contributed by atoms with E-state index in [2.05, 4.69) is 15.4 Å². The number of pyridine rings is 1. The second-order valence-electron chi connectivity index (χ2n) is 6.50. The third-order valence-electron chi connectivity index (χ3n) is 4.28. The van der Waals surface area contributed by atoms with Gasteiger partial charge in [0.1, 0.15) is 18.4 Å². The summed E-state index contributed by atoms with van der Waals surface area (Å²) in [7, 11) is -3.54. The standard InChI is InChI=1S/C17H18F3N5O4S/c1-30(26,27)11-5-6-13(22-9-11)25-16(12(8-21)15(24-25)17(18,19)20)23-10-29-14-4-2-3-7-28-14/h5-6,9,14,23H,2-4,7,10H2,1H3. The topological polar surface area (TPSA) is 119 Å². The molecule has 2 aromatic heterocycles. The van der Waals surface area contributed by atoms with Crippen molar-refractivity contribution in [2.24, 2.45) is 0 Å². The summed E-state index contributed by atoms with van der Waals surface area (Å²) in [4.78, 5) is 3.77. The molecule has 1 fully saturated rings. The van der Waals surface area contributed by atoms with Crippen molar-refractivity contribution in [2.75, 3.05) is 24.9 Å². The van der Waals surface area contributed by atoms with Gasteiger partial charge in [-0.1, -0.05) is 0 Å². The Kier molecular flexibility index (Phi) is 6.30. The first-order valence-electron chi connectivity index (χ1n) is 8.85. The lowest BCUT2D eigenvalue weighted by atomic mass is 10.2. The Morgan fingerprint density at radius 1 is 1.40 bits per heavy atom. The van der Waals surface area contributed by atoms with Crippen molar-refractivity contribution < 1.29 is 31.1 Å². The molecule has 9 nitrogen and oxygen atoms in total. The minimum atomic E-state index is -4.88. The molecule has 0 amide bonds. The Labute approximate surface area is 170 Å². The van der Waals surface area contributed by atoms with Crippen LogP contribution in [0.4, 0.5) is 19.0 Å². The van der Waals surface area contributed by atoms with Gasteiger partial charge in [-0.3, -0.25) is 0 Å². The first-order valence-corrected chi connectivity index (χ1v) is 10.7. The molecule has 0 saturated carbocycles. The van der Waals surface area contributed by atoms with E-state index in [1.165, 1.54) is 18.2 Å². The molecule has 0 bridgehead atoms. The van der Waals surface area contributed by atoms with E-state index < -0.39 is 33.6 Å². The Balaban J connectivity index is 1.94. The van der Waals surface area contributed by atoms with E-state index in [4.69, 9.17) is 9.47 Å². The largest absolute Gasteiger partial charge is 0.436 e. The molecule has 13 heteroatoms. The maximum Gasteiger partial charge on any atom is 0.436 e. The summed E-state index contributed by atoms with van der Waals surface area (Å²) < 4.78 is 74.9. The Morgan fingerprint density at radius 3 is 2.70 bits per heavy atom. The molecule has 1 aliphatic rings. The number of rotatable bonds is 6. The van der Waals surface area contributed by atoms with Crippen molar-refractivity contribution in [1.82, 2.24) is 14.8 Å². The fourth-order valence-electron chi connectivity index (χ4n) is 2.81. The summed E-state index contributed by atoms with van der Waals surface area (Å²) >= 11 is 0. The molecule has 0 radical (unpaired) electrons. The van der Waals surface area contributed by atoms with E-state index in [1.807, 2.05) is 0 Å². The lowest BCUT2D eigenvalue weighted by molar-refractivity contribution is -0.158.